The number of carbonyl (C=O) groups excluding carboxylic acids is 2. The maximum Gasteiger partial charge on any atom is 0.325 e. The molecule has 11 nitrogen and oxygen atoms in total. The molecule has 0 saturated carbocycles. The number of benzene rings is 2. The highest BCUT2D eigenvalue weighted by Crippen LogP contribution is 2.25. The van der Waals surface area contributed by atoms with Gasteiger partial charge in [0.25, 0.3) is 11.6 Å². The molecule has 0 radical (unpaired) electrons. The highest BCUT2D eigenvalue weighted by molar-refractivity contribution is 7.90. The first-order valence-corrected chi connectivity index (χ1v) is 10.9. The van der Waals surface area contributed by atoms with E-state index in [4.69, 9.17) is 9.47 Å². The summed E-state index contributed by atoms with van der Waals surface area (Å²) in [6.45, 7) is -0.593. The van der Waals surface area contributed by atoms with Crippen LogP contribution in [-0.4, -0.2) is 64.2 Å². The molecule has 0 aliphatic rings. The van der Waals surface area contributed by atoms with E-state index < -0.39 is 43.8 Å². The van der Waals surface area contributed by atoms with Crippen LogP contribution in [0.2, 0.25) is 0 Å². The standard InChI is InChI=1S/C20H22N2O9S/c1-29-16-5-13(6-17(10-16)30-2)11-21(12-19(23)31-3)20(24)14-7-15(22(25)26)9-18(8-14)32(4,27)28/h5-10H,11-12H2,1-4H3. The molecule has 2 rings (SSSR count). The van der Waals surface area contributed by atoms with Crippen molar-refractivity contribution in [3.63, 3.8) is 0 Å². The minimum absolute atomic E-state index is 0.113. The SMILES string of the molecule is COC(=O)CN(Cc1cc(OC)cc(OC)c1)C(=O)c1cc([N+](=O)[O-])cc(S(C)(=O)=O)c1. The molecule has 0 spiro atoms. The number of rotatable bonds is 9. The largest absolute Gasteiger partial charge is 0.497 e. The zero-order chi connectivity index (χ0) is 24.1. The molecular weight excluding hydrogens is 444 g/mol. The van der Waals surface area contributed by atoms with Crippen LogP contribution in [0.3, 0.4) is 0 Å². The van der Waals surface area contributed by atoms with Crippen LogP contribution in [0.1, 0.15) is 15.9 Å². The number of methoxy groups -OCH3 is 3. The van der Waals surface area contributed by atoms with Gasteiger partial charge < -0.3 is 19.1 Å². The first-order chi connectivity index (χ1) is 15.0. The van der Waals surface area contributed by atoms with Crippen molar-refractivity contribution < 1.29 is 37.1 Å². The van der Waals surface area contributed by atoms with Gasteiger partial charge in [-0.3, -0.25) is 19.7 Å². The molecule has 1 amide bonds. The molecule has 2 aromatic rings. The second kappa shape index (κ2) is 10.1. The molecule has 0 atom stereocenters. The Labute approximate surface area is 184 Å². The molecule has 0 aliphatic carbocycles. The van der Waals surface area contributed by atoms with E-state index in [2.05, 4.69) is 4.74 Å². The zero-order valence-electron chi connectivity index (χ0n) is 17.9. The van der Waals surface area contributed by atoms with Gasteiger partial charge in [0, 0.05) is 36.6 Å². The second-order valence-electron chi connectivity index (χ2n) is 6.70. The summed E-state index contributed by atoms with van der Waals surface area (Å²) in [5.41, 5.74) is -0.303. The lowest BCUT2D eigenvalue weighted by Gasteiger charge is -2.22. The summed E-state index contributed by atoms with van der Waals surface area (Å²) in [6.07, 6.45) is 0.870. The van der Waals surface area contributed by atoms with Gasteiger partial charge in [0.1, 0.15) is 18.0 Å². The minimum Gasteiger partial charge on any atom is -0.497 e. The van der Waals surface area contributed by atoms with Gasteiger partial charge in [-0.05, 0) is 23.8 Å². The molecular formula is C20H22N2O9S. The summed E-state index contributed by atoms with van der Waals surface area (Å²) in [5, 5.41) is 11.3. The fourth-order valence-electron chi connectivity index (χ4n) is 2.81. The Morgan fingerprint density at radius 2 is 1.59 bits per heavy atom. The quantitative estimate of drug-likeness (QED) is 0.307. The number of hydrogen-bond donors (Lipinski definition) is 0. The molecule has 32 heavy (non-hydrogen) atoms. The maximum absolute atomic E-state index is 13.2. The van der Waals surface area contributed by atoms with Gasteiger partial charge in [-0.15, -0.1) is 0 Å². The van der Waals surface area contributed by atoms with E-state index in [0.717, 1.165) is 36.5 Å². The van der Waals surface area contributed by atoms with Crippen LogP contribution in [0.5, 0.6) is 11.5 Å². The van der Waals surface area contributed by atoms with Gasteiger partial charge >= 0.3 is 5.97 Å². The normalized spacial score (nSPS) is 10.9. The van der Waals surface area contributed by atoms with Crippen LogP contribution in [0, 0.1) is 10.1 Å². The van der Waals surface area contributed by atoms with Crippen molar-refractivity contribution >= 4 is 27.4 Å². The number of hydrogen-bond acceptors (Lipinski definition) is 9. The van der Waals surface area contributed by atoms with E-state index in [9.17, 15) is 28.1 Å². The topological polar surface area (TPSA) is 142 Å². The number of non-ortho nitro benzene ring substituents is 1. The average Bonchev–Trinajstić information content (AvgIpc) is 2.76. The monoisotopic (exact) mass is 466 g/mol. The molecule has 0 N–H and O–H groups in total. The second-order valence-corrected chi connectivity index (χ2v) is 8.72. The predicted octanol–water partition coefficient (Wildman–Crippen LogP) is 1.83. The highest BCUT2D eigenvalue weighted by Gasteiger charge is 2.25. The summed E-state index contributed by atoms with van der Waals surface area (Å²) in [6, 6.07) is 7.71. The van der Waals surface area contributed by atoms with E-state index in [-0.39, 0.29) is 12.1 Å². The van der Waals surface area contributed by atoms with Crippen molar-refractivity contribution in [3.05, 3.63) is 57.6 Å². The molecule has 0 saturated heterocycles. The van der Waals surface area contributed by atoms with Crippen LogP contribution >= 0.6 is 0 Å². The van der Waals surface area contributed by atoms with Gasteiger partial charge in [-0.1, -0.05) is 0 Å². The number of nitro benzene ring substituents is 1. The Kier molecular flexibility index (Phi) is 7.76. The Hall–Kier alpha value is -3.67. The molecule has 0 aromatic heterocycles. The number of esters is 1. The number of nitrogens with zero attached hydrogens (tertiary/aromatic N) is 2. The van der Waals surface area contributed by atoms with Crippen molar-refractivity contribution in [1.82, 2.24) is 4.90 Å². The van der Waals surface area contributed by atoms with Crippen molar-refractivity contribution in [2.24, 2.45) is 0 Å². The Balaban J connectivity index is 2.54. The third-order valence-corrected chi connectivity index (χ3v) is 5.49. The lowest BCUT2D eigenvalue weighted by Crippen LogP contribution is -2.36. The minimum atomic E-state index is -3.85. The van der Waals surface area contributed by atoms with Crippen molar-refractivity contribution in [1.29, 1.82) is 0 Å². The number of carbonyl (C=O) groups is 2. The maximum atomic E-state index is 13.2. The Morgan fingerprint density at radius 1 is 1.00 bits per heavy atom. The van der Waals surface area contributed by atoms with Crippen LogP contribution in [0.15, 0.2) is 41.3 Å². The van der Waals surface area contributed by atoms with Crippen LogP contribution in [0.4, 0.5) is 5.69 Å². The van der Waals surface area contributed by atoms with E-state index >= 15 is 0 Å². The predicted molar refractivity (Wildman–Crippen MR) is 113 cm³/mol. The third kappa shape index (κ3) is 6.17. The number of amides is 1. The highest BCUT2D eigenvalue weighted by atomic mass is 32.2. The van der Waals surface area contributed by atoms with Gasteiger partial charge in [0.2, 0.25) is 0 Å². The molecule has 0 bridgehead atoms. The number of ether oxygens (including phenoxy) is 3. The molecule has 0 fully saturated rings. The van der Waals surface area contributed by atoms with E-state index in [1.807, 2.05) is 0 Å². The van der Waals surface area contributed by atoms with E-state index in [0.29, 0.717) is 17.1 Å². The summed E-state index contributed by atoms with van der Waals surface area (Å²) < 4.78 is 39.0. The average molecular weight is 466 g/mol. The van der Waals surface area contributed by atoms with Crippen LogP contribution in [-0.2, 0) is 25.9 Å². The fraction of sp³-hybridized carbons (Fsp3) is 0.300. The van der Waals surface area contributed by atoms with Crippen molar-refractivity contribution in [2.75, 3.05) is 34.1 Å². The summed E-state index contributed by atoms with van der Waals surface area (Å²) in [4.78, 5) is 36.3. The smallest absolute Gasteiger partial charge is 0.325 e. The number of nitro groups is 1. The van der Waals surface area contributed by atoms with Crippen molar-refractivity contribution in [2.45, 2.75) is 11.4 Å². The summed E-state index contributed by atoms with van der Waals surface area (Å²) >= 11 is 0. The third-order valence-electron chi connectivity index (χ3n) is 4.40. The first kappa shape index (κ1) is 24.6. The molecule has 0 aliphatic heterocycles. The molecule has 172 valence electrons. The van der Waals surface area contributed by atoms with Crippen LogP contribution in [0.25, 0.3) is 0 Å². The molecule has 2 aromatic carbocycles. The lowest BCUT2D eigenvalue weighted by atomic mass is 10.1. The van der Waals surface area contributed by atoms with Crippen molar-refractivity contribution in [3.8, 4) is 11.5 Å². The van der Waals surface area contributed by atoms with Gasteiger partial charge in [-0.25, -0.2) is 8.42 Å². The van der Waals surface area contributed by atoms with Crippen LogP contribution < -0.4 is 9.47 Å². The van der Waals surface area contributed by atoms with E-state index in [1.54, 1.807) is 18.2 Å². The van der Waals surface area contributed by atoms with Gasteiger partial charge in [0.15, 0.2) is 9.84 Å². The Morgan fingerprint density at radius 3 is 2.06 bits per heavy atom. The summed E-state index contributed by atoms with van der Waals surface area (Å²) in [7, 11) is 0.203. The van der Waals surface area contributed by atoms with Gasteiger partial charge in [0.05, 0.1) is 31.1 Å². The molecule has 0 unspecified atom stereocenters. The zero-order valence-corrected chi connectivity index (χ0v) is 18.7. The Bertz CT molecular complexity index is 1120. The number of sulfone groups is 1. The lowest BCUT2D eigenvalue weighted by molar-refractivity contribution is -0.385. The van der Waals surface area contributed by atoms with Gasteiger partial charge in [-0.2, -0.15) is 0 Å². The fourth-order valence-corrected chi connectivity index (χ4v) is 3.48. The molecule has 12 heteroatoms. The van der Waals surface area contributed by atoms with E-state index in [1.165, 1.54) is 14.2 Å². The summed E-state index contributed by atoms with van der Waals surface area (Å²) in [5.74, 6) is -0.646. The first-order valence-electron chi connectivity index (χ1n) is 9.06. The molecule has 0 heterocycles.